The van der Waals surface area contributed by atoms with E-state index in [0.717, 1.165) is 29.5 Å². The molecule has 150 valence electrons. The Morgan fingerprint density at radius 3 is 2.13 bits per heavy atom. The van der Waals surface area contributed by atoms with Gasteiger partial charge in [0, 0.05) is 24.3 Å². The van der Waals surface area contributed by atoms with Crippen LogP contribution in [0.2, 0.25) is 0 Å². The van der Waals surface area contributed by atoms with Crippen molar-refractivity contribution >= 4 is 44.5 Å². The van der Waals surface area contributed by atoms with Crippen LogP contribution < -0.4 is 4.80 Å². The average molecular weight is 427 g/mol. The third-order valence-corrected chi connectivity index (χ3v) is 4.94. The molecule has 0 saturated carbocycles. The van der Waals surface area contributed by atoms with Gasteiger partial charge in [-0.2, -0.15) is 4.99 Å². The highest BCUT2D eigenvalue weighted by atomic mass is 32.1. The average Bonchev–Trinajstić information content (AvgIpc) is 3.04. The predicted molar refractivity (Wildman–Crippen MR) is 105 cm³/mol. The molecule has 0 atom stereocenters. The van der Waals surface area contributed by atoms with Crippen LogP contribution in [0.15, 0.2) is 41.4 Å². The highest BCUT2D eigenvalue weighted by Gasteiger charge is 2.20. The lowest BCUT2D eigenvalue weighted by Crippen LogP contribution is -2.16. The summed E-state index contributed by atoms with van der Waals surface area (Å²) in [4.78, 5) is 47.3. The number of amides is 1. The number of fused-ring (bicyclic) bond motifs is 1. The van der Waals surface area contributed by atoms with E-state index in [1.165, 1.54) is 22.8 Å². The molecule has 12 nitrogen and oxygen atoms in total. The summed E-state index contributed by atoms with van der Waals surface area (Å²) >= 11 is 0.947. The molecule has 0 N–H and O–H groups in total. The Morgan fingerprint density at radius 2 is 1.60 bits per heavy atom. The highest BCUT2D eigenvalue weighted by molar-refractivity contribution is 7.16. The summed E-state index contributed by atoms with van der Waals surface area (Å²) in [5, 5.41) is 33.0. The van der Waals surface area contributed by atoms with Crippen molar-refractivity contribution < 1.29 is 19.6 Å². The Bertz CT molecular complexity index is 1320. The van der Waals surface area contributed by atoms with Crippen LogP contribution in [0.5, 0.6) is 0 Å². The third-order valence-electron chi connectivity index (χ3n) is 3.89. The molecule has 0 saturated heterocycles. The number of benzene rings is 2. The molecule has 0 aliphatic heterocycles. The minimum absolute atomic E-state index is 0.000983. The van der Waals surface area contributed by atoms with Crippen molar-refractivity contribution in [2.75, 3.05) is 0 Å². The summed E-state index contributed by atoms with van der Waals surface area (Å²) in [5.74, 6) is 1.42. The number of carbonyl (C=O) groups excluding carboxylic acids is 1. The van der Waals surface area contributed by atoms with E-state index in [1.54, 1.807) is 0 Å². The van der Waals surface area contributed by atoms with E-state index in [4.69, 9.17) is 6.42 Å². The first-order chi connectivity index (χ1) is 14.2. The van der Waals surface area contributed by atoms with Crippen LogP contribution >= 0.6 is 11.3 Å². The molecular weight excluding hydrogens is 418 g/mol. The number of hydrogen-bond acceptors (Lipinski definition) is 8. The smallest absolute Gasteiger partial charge is 0.280 e. The SMILES string of the molecule is C#CCn1c(=NC(=O)c2cc([N+](=O)[O-])cc([N+](=O)[O-])c2)sc2cc([N+](=O)[O-])ccc21. The van der Waals surface area contributed by atoms with Crippen LogP contribution in [0.3, 0.4) is 0 Å². The fourth-order valence-electron chi connectivity index (χ4n) is 2.59. The Hall–Kier alpha value is -4.44. The van der Waals surface area contributed by atoms with Gasteiger partial charge >= 0.3 is 0 Å². The number of carbonyl (C=O) groups is 1. The Kier molecular flexibility index (Phi) is 5.34. The van der Waals surface area contributed by atoms with Crippen LogP contribution in [-0.4, -0.2) is 25.2 Å². The topological polar surface area (TPSA) is 164 Å². The van der Waals surface area contributed by atoms with E-state index in [1.807, 2.05) is 0 Å². The van der Waals surface area contributed by atoms with E-state index >= 15 is 0 Å². The number of aromatic nitrogens is 1. The molecule has 1 amide bonds. The molecule has 0 aliphatic rings. The van der Waals surface area contributed by atoms with Gasteiger partial charge in [-0.1, -0.05) is 17.3 Å². The number of nitro benzene ring substituents is 3. The maximum atomic E-state index is 12.6. The van der Waals surface area contributed by atoms with Crippen molar-refractivity contribution in [1.29, 1.82) is 0 Å². The summed E-state index contributed by atoms with van der Waals surface area (Å²) in [6.45, 7) is -0.000983. The molecular formula is C17H9N5O7S. The number of terminal acetylenes is 1. The van der Waals surface area contributed by atoms with Gasteiger partial charge < -0.3 is 4.57 Å². The minimum atomic E-state index is -0.964. The van der Waals surface area contributed by atoms with Gasteiger partial charge in [-0.25, -0.2) is 0 Å². The van der Waals surface area contributed by atoms with Gasteiger partial charge in [0.25, 0.3) is 23.0 Å². The second-order valence-electron chi connectivity index (χ2n) is 5.75. The van der Waals surface area contributed by atoms with Gasteiger partial charge in [0.1, 0.15) is 0 Å². The molecule has 0 aliphatic carbocycles. The summed E-state index contributed by atoms with van der Waals surface area (Å²) in [6.07, 6.45) is 5.36. The molecule has 1 aromatic heterocycles. The number of rotatable bonds is 5. The fraction of sp³-hybridized carbons (Fsp3) is 0.0588. The van der Waals surface area contributed by atoms with E-state index in [9.17, 15) is 35.1 Å². The van der Waals surface area contributed by atoms with Crippen molar-refractivity contribution in [3.8, 4) is 12.3 Å². The van der Waals surface area contributed by atoms with E-state index in [0.29, 0.717) is 10.2 Å². The molecule has 0 unspecified atom stereocenters. The number of thiazole rings is 1. The fourth-order valence-corrected chi connectivity index (χ4v) is 3.65. The van der Waals surface area contributed by atoms with Gasteiger partial charge in [0.05, 0.1) is 43.2 Å². The maximum Gasteiger partial charge on any atom is 0.280 e. The molecule has 0 radical (unpaired) electrons. The van der Waals surface area contributed by atoms with Crippen LogP contribution in [0.1, 0.15) is 10.4 Å². The van der Waals surface area contributed by atoms with Crippen molar-refractivity contribution in [1.82, 2.24) is 4.57 Å². The molecule has 2 aromatic carbocycles. The lowest BCUT2D eigenvalue weighted by molar-refractivity contribution is -0.394. The summed E-state index contributed by atoms with van der Waals surface area (Å²) in [7, 11) is 0. The summed E-state index contributed by atoms with van der Waals surface area (Å²) < 4.78 is 1.91. The first-order valence-corrected chi connectivity index (χ1v) is 8.77. The Morgan fingerprint density at radius 1 is 1.00 bits per heavy atom. The second-order valence-corrected chi connectivity index (χ2v) is 6.76. The van der Waals surface area contributed by atoms with Crippen molar-refractivity contribution in [2.45, 2.75) is 6.54 Å². The molecule has 0 bridgehead atoms. The zero-order valence-corrected chi connectivity index (χ0v) is 15.6. The Labute approximate surface area is 170 Å². The van der Waals surface area contributed by atoms with E-state index in [2.05, 4.69) is 10.9 Å². The number of hydrogen-bond donors (Lipinski definition) is 0. The van der Waals surface area contributed by atoms with Gasteiger partial charge in [0.2, 0.25) is 0 Å². The number of non-ortho nitro benzene ring substituents is 3. The van der Waals surface area contributed by atoms with Crippen LogP contribution in [0.25, 0.3) is 10.2 Å². The van der Waals surface area contributed by atoms with Crippen LogP contribution in [0, 0.1) is 42.7 Å². The molecule has 30 heavy (non-hydrogen) atoms. The van der Waals surface area contributed by atoms with Gasteiger partial charge in [-0.3, -0.25) is 35.1 Å². The quantitative estimate of drug-likeness (QED) is 0.343. The molecule has 3 rings (SSSR count). The molecule has 3 aromatic rings. The number of nitrogens with zero attached hydrogens (tertiary/aromatic N) is 5. The third kappa shape index (κ3) is 3.88. The first-order valence-electron chi connectivity index (χ1n) is 7.95. The van der Waals surface area contributed by atoms with Gasteiger partial charge in [-0.15, -0.1) is 6.42 Å². The Balaban J connectivity index is 2.19. The molecule has 1 heterocycles. The van der Waals surface area contributed by atoms with E-state index < -0.39 is 32.1 Å². The second kappa shape index (κ2) is 7.89. The first kappa shape index (κ1) is 20.3. The van der Waals surface area contributed by atoms with Crippen molar-refractivity contribution in [3.63, 3.8) is 0 Å². The lowest BCUT2D eigenvalue weighted by atomic mass is 10.1. The predicted octanol–water partition coefficient (Wildman–Crippen LogP) is 2.80. The van der Waals surface area contributed by atoms with E-state index in [-0.39, 0.29) is 22.6 Å². The zero-order chi connectivity index (χ0) is 22.0. The van der Waals surface area contributed by atoms with Crippen molar-refractivity contribution in [2.24, 2.45) is 4.99 Å². The lowest BCUT2D eigenvalue weighted by Gasteiger charge is -2.00. The summed E-state index contributed by atoms with van der Waals surface area (Å²) in [5.41, 5.74) is -1.28. The minimum Gasteiger partial charge on any atom is -0.305 e. The monoisotopic (exact) mass is 427 g/mol. The maximum absolute atomic E-state index is 12.6. The summed E-state index contributed by atoms with van der Waals surface area (Å²) in [6, 6.07) is 6.52. The van der Waals surface area contributed by atoms with Crippen LogP contribution in [0.4, 0.5) is 17.1 Å². The van der Waals surface area contributed by atoms with Gasteiger partial charge in [-0.05, 0) is 6.07 Å². The highest BCUT2D eigenvalue weighted by Crippen LogP contribution is 2.25. The van der Waals surface area contributed by atoms with Crippen molar-refractivity contribution in [3.05, 3.63) is 77.1 Å². The molecule has 0 spiro atoms. The zero-order valence-electron chi connectivity index (χ0n) is 14.8. The molecule has 13 heteroatoms. The normalized spacial score (nSPS) is 11.2. The van der Waals surface area contributed by atoms with Gasteiger partial charge in [0.15, 0.2) is 4.80 Å². The largest absolute Gasteiger partial charge is 0.305 e. The standard InChI is InChI=1S/C17H9N5O7S/c1-2-5-19-14-4-3-11(20(24)25)9-15(14)30-17(19)18-16(23)10-6-12(21(26)27)8-13(7-10)22(28)29/h1,3-4,6-9H,5H2. The number of nitro groups is 3. The molecule has 0 fully saturated rings. The van der Waals surface area contributed by atoms with Crippen LogP contribution in [-0.2, 0) is 6.54 Å².